The highest BCUT2D eigenvalue weighted by Crippen LogP contribution is 2.48. The summed E-state index contributed by atoms with van der Waals surface area (Å²) in [5.74, 6) is 0. The molecule has 0 saturated heterocycles. The third-order valence-electron chi connectivity index (χ3n) is 3.64. The van der Waals surface area contributed by atoms with Gasteiger partial charge in [0.25, 0.3) is 0 Å². The Morgan fingerprint density at radius 2 is 1.08 bits per heavy atom. The first-order valence-corrected chi connectivity index (χ1v) is 6.82. The fraction of sp³-hybridized carbons (Fsp3) is 0.250. The Morgan fingerprint density at radius 3 is 1.54 bits per heavy atom. The van der Waals surface area contributed by atoms with Crippen LogP contribution in [0.3, 0.4) is 0 Å². The summed E-state index contributed by atoms with van der Waals surface area (Å²) in [6.07, 6.45) is -16.0. The van der Waals surface area contributed by atoms with E-state index >= 15 is 0 Å². The van der Waals surface area contributed by atoms with E-state index in [9.17, 15) is 44.6 Å². The lowest BCUT2D eigenvalue weighted by Gasteiger charge is -2.33. The molecule has 2 aromatic carbocycles. The van der Waals surface area contributed by atoms with E-state index in [-0.39, 0.29) is 6.07 Å². The first kappa shape index (κ1) is 20.1. The molecule has 0 radical (unpaired) electrons. The van der Waals surface area contributed by atoms with Gasteiger partial charge >= 0.3 is 18.5 Å². The third kappa shape index (κ3) is 3.50. The van der Waals surface area contributed by atoms with Crippen molar-refractivity contribution in [2.24, 2.45) is 0 Å². The lowest BCUT2D eigenvalue weighted by Crippen LogP contribution is -2.44. The molecule has 0 saturated carbocycles. The fourth-order valence-electron chi connectivity index (χ4n) is 2.44. The van der Waals surface area contributed by atoms with Crippen LogP contribution in [0.1, 0.15) is 22.3 Å². The van der Waals surface area contributed by atoms with Gasteiger partial charge in [-0.1, -0.05) is 30.3 Å². The summed E-state index contributed by atoms with van der Waals surface area (Å²) in [5, 5.41) is 10.2. The molecule has 0 aromatic heterocycles. The molecule has 0 spiro atoms. The summed E-state index contributed by atoms with van der Waals surface area (Å²) in [6.45, 7) is 0. The first-order valence-electron chi connectivity index (χ1n) is 6.82. The van der Waals surface area contributed by atoms with E-state index in [0.717, 1.165) is 12.1 Å². The summed E-state index contributed by atoms with van der Waals surface area (Å²) in [6, 6.07) is 3.76. The van der Waals surface area contributed by atoms with Gasteiger partial charge in [-0.3, -0.25) is 0 Å². The number of aliphatic hydroxyl groups is 1. The van der Waals surface area contributed by atoms with E-state index in [2.05, 4.69) is 0 Å². The number of hydrogen-bond donors (Lipinski definition) is 1. The maximum absolute atomic E-state index is 13.6. The molecule has 1 unspecified atom stereocenters. The van der Waals surface area contributed by atoms with Crippen molar-refractivity contribution in [1.82, 2.24) is 0 Å². The maximum Gasteiger partial charge on any atom is 0.425 e. The van der Waals surface area contributed by atoms with Gasteiger partial charge in [0.05, 0.1) is 11.1 Å². The van der Waals surface area contributed by atoms with Crippen molar-refractivity contribution < 1.29 is 44.6 Å². The number of rotatable bonds is 2. The highest BCUT2D eigenvalue weighted by Gasteiger charge is 2.59. The molecule has 0 aliphatic carbocycles. The molecule has 1 N–H and O–H groups in total. The van der Waals surface area contributed by atoms with Crippen LogP contribution in [0.2, 0.25) is 0 Å². The van der Waals surface area contributed by atoms with Crippen LogP contribution in [0, 0.1) is 0 Å². The second-order valence-corrected chi connectivity index (χ2v) is 5.33. The minimum Gasteiger partial charge on any atom is -0.372 e. The minimum atomic E-state index is -5.72. The van der Waals surface area contributed by atoms with E-state index in [4.69, 9.17) is 0 Å². The summed E-state index contributed by atoms with van der Waals surface area (Å²) in [7, 11) is 0. The van der Waals surface area contributed by atoms with Crippen LogP contribution in [0.15, 0.2) is 48.5 Å². The van der Waals surface area contributed by atoms with E-state index in [1.807, 2.05) is 0 Å². The van der Waals surface area contributed by atoms with Gasteiger partial charge < -0.3 is 5.11 Å². The lowest BCUT2D eigenvalue weighted by atomic mass is 9.82. The Kier molecular flexibility index (Phi) is 4.78. The molecule has 0 fully saturated rings. The van der Waals surface area contributed by atoms with Gasteiger partial charge in [0, 0.05) is 5.56 Å². The number of alkyl halides is 9. The Labute approximate surface area is 140 Å². The molecule has 0 amide bonds. The van der Waals surface area contributed by atoms with E-state index < -0.39 is 46.4 Å². The Morgan fingerprint density at radius 1 is 0.577 bits per heavy atom. The van der Waals surface area contributed by atoms with E-state index in [1.54, 1.807) is 0 Å². The molecule has 0 aliphatic rings. The second-order valence-electron chi connectivity index (χ2n) is 5.33. The topological polar surface area (TPSA) is 20.2 Å². The normalized spacial score (nSPS) is 15.6. The Balaban J connectivity index is 2.83. The quantitative estimate of drug-likeness (QED) is 0.672. The van der Waals surface area contributed by atoms with Crippen molar-refractivity contribution in [2.45, 2.75) is 24.1 Å². The van der Waals surface area contributed by atoms with Crippen molar-refractivity contribution in [3.8, 4) is 0 Å². The van der Waals surface area contributed by atoms with Crippen molar-refractivity contribution in [2.75, 3.05) is 0 Å². The van der Waals surface area contributed by atoms with Crippen LogP contribution in [0.5, 0.6) is 0 Å². The van der Waals surface area contributed by atoms with Crippen molar-refractivity contribution >= 4 is 0 Å². The summed E-state index contributed by atoms with van der Waals surface area (Å²) >= 11 is 0. The first-order chi connectivity index (χ1) is 11.7. The van der Waals surface area contributed by atoms with E-state index in [0.29, 0.717) is 30.3 Å². The maximum atomic E-state index is 13.6. The highest BCUT2D eigenvalue weighted by molar-refractivity contribution is 5.45. The molecular weight excluding hydrogens is 379 g/mol. The van der Waals surface area contributed by atoms with Gasteiger partial charge in [-0.05, 0) is 23.8 Å². The molecule has 1 nitrogen and oxygen atoms in total. The second kappa shape index (κ2) is 6.19. The summed E-state index contributed by atoms with van der Waals surface area (Å²) in [4.78, 5) is 0. The van der Waals surface area contributed by atoms with Gasteiger partial charge in [-0.2, -0.15) is 39.5 Å². The van der Waals surface area contributed by atoms with Gasteiger partial charge in [-0.15, -0.1) is 0 Å². The minimum absolute atomic E-state index is 0.0271. The molecule has 2 aromatic rings. The number of benzene rings is 2. The summed E-state index contributed by atoms with van der Waals surface area (Å²) in [5.41, 5.74) is -10.6. The third-order valence-corrected chi connectivity index (χ3v) is 3.64. The SMILES string of the molecule is OC(c1cccc(C(F)(F)F)c1)(c1ccccc1C(F)(F)F)C(F)(F)F. The zero-order valence-electron chi connectivity index (χ0n) is 12.5. The average Bonchev–Trinajstić information content (AvgIpc) is 2.51. The molecule has 0 aliphatic heterocycles. The highest BCUT2D eigenvalue weighted by atomic mass is 19.4. The van der Waals surface area contributed by atoms with E-state index in [1.165, 1.54) is 0 Å². The fourth-order valence-corrected chi connectivity index (χ4v) is 2.44. The molecule has 0 heterocycles. The van der Waals surface area contributed by atoms with Gasteiger partial charge in [0.1, 0.15) is 0 Å². The molecule has 10 heteroatoms. The van der Waals surface area contributed by atoms with Crippen molar-refractivity contribution in [3.05, 3.63) is 70.8 Å². The summed E-state index contributed by atoms with van der Waals surface area (Å²) < 4.78 is 118. The van der Waals surface area contributed by atoms with Gasteiger partial charge in [-0.25, -0.2) is 0 Å². The van der Waals surface area contributed by atoms with Crippen LogP contribution in [0.4, 0.5) is 39.5 Å². The van der Waals surface area contributed by atoms with Gasteiger partial charge in [0.15, 0.2) is 0 Å². The van der Waals surface area contributed by atoms with Crippen LogP contribution in [-0.4, -0.2) is 11.3 Å². The standard InChI is InChI=1S/C16H9F9O/c17-14(18,19)10-5-3-4-9(8-10)13(26,16(23,24)25)11-6-1-2-7-12(11)15(20,21)22/h1-8,26H. The zero-order valence-corrected chi connectivity index (χ0v) is 12.5. The van der Waals surface area contributed by atoms with Crippen molar-refractivity contribution in [3.63, 3.8) is 0 Å². The largest absolute Gasteiger partial charge is 0.425 e. The monoisotopic (exact) mass is 388 g/mol. The lowest BCUT2D eigenvalue weighted by molar-refractivity contribution is -0.250. The Hall–Kier alpha value is -2.23. The molecule has 0 bridgehead atoms. The predicted molar refractivity (Wildman–Crippen MR) is 71.9 cm³/mol. The molecular formula is C16H9F9O. The molecule has 1 atom stereocenters. The Bertz CT molecular complexity index is 789. The average molecular weight is 388 g/mol. The number of hydrogen-bond acceptors (Lipinski definition) is 1. The number of halogens is 9. The van der Waals surface area contributed by atoms with Crippen molar-refractivity contribution in [1.29, 1.82) is 0 Å². The van der Waals surface area contributed by atoms with Crippen LogP contribution < -0.4 is 0 Å². The molecule has 26 heavy (non-hydrogen) atoms. The van der Waals surface area contributed by atoms with Gasteiger partial charge in [0.2, 0.25) is 5.60 Å². The van der Waals surface area contributed by atoms with Crippen LogP contribution >= 0.6 is 0 Å². The zero-order chi connectivity index (χ0) is 20.0. The molecule has 142 valence electrons. The van der Waals surface area contributed by atoms with Crippen LogP contribution in [-0.2, 0) is 18.0 Å². The predicted octanol–water partition coefficient (Wildman–Crippen LogP) is 5.52. The molecule has 2 rings (SSSR count). The smallest absolute Gasteiger partial charge is 0.372 e. The van der Waals surface area contributed by atoms with Crippen LogP contribution in [0.25, 0.3) is 0 Å².